The number of benzene rings is 1. The number of aryl methyl sites for hydroxylation is 1. The van der Waals surface area contributed by atoms with Crippen molar-refractivity contribution in [3.8, 4) is 0 Å². The second-order valence-electron chi connectivity index (χ2n) is 6.09. The van der Waals surface area contributed by atoms with Gasteiger partial charge in [-0.3, -0.25) is 4.79 Å². The third-order valence-corrected chi connectivity index (χ3v) is 6.06. The number of halogens is 1. The normalized spacial score (nSPS) is 18.7. The Hall–Kier alpha value is -2.12. The maximum atomic E-state index is 12.2. The smallest absolute Gasteiger partial charge is 0.253 e. The molecule has 132 valence electrons. The average molecular weight is 380 g/mol. The number of hydrogen-bond acceptors (Lipinski definition) is 5. The third kappa shape index (κ3) is 4.49. The fourth-order valence-corrected chi connectivity index (χ4v) is 4.49. The Morgan fingerprint density at radius 3 is 2.72 bits per heavy atom. The van der Waals surface area contributed by atoms with E-state index in [4.69, 9.17) is 11.6 Å². The van der Waals surface area contributed by atoms with Crippen LogP contribution in [0.15, 0.2) is 36.5 Å². The zero-order valence-electron chi connectivity index (χ0n) is 13.6. The first-order chi connectivity index (χ1) is 11.8. The van der Waals surface area contributed by atoms with Crippen molar-refractivity contribution in [3.05, 3.63) is 52.7 Å². The molecule has 1 fully saturated rings. The molecule has 6 nitrogen and oxygen atoms in total. The molecule has 2 heterocycles. The van der Waals surface area contributed by atoms with Gasteiger partial charge in [-0.2, -0.15) is 0 Å². The minimum atomic E-state index is -3.02. The second-order valence-corrected chi connectivity index (χ2v) is 8.75. The molecular formula is C17H18ClN3O3S. The van der Waals surface area contributed by atoms with E-state index in [1.54, 1.807) is 18.2 Å². The van der Waals surface area contributed by atoms with Crippen molar-refractivity contribution in [2.24, 2.45) is 0 Å². The molecule has 3 rings (SSSR count). The maximum absolute atomic E-state index is 12.2. The van der Waals surface area contributed by atoms with Crippen LogP contribution in [0.25, 0.3) is 0 Å². The number of hydrogen-bond donors (Lipinski definition) is 2. The van der Waals surface area contributed by atoms with Crippen LogP contribution in [0.4, 0.5) is 11.5 Å². The quantitative estimate of drug-likeness (QED) is 0.852. The highest BCUT2D eigenvalue weighted by Gasteiger charge is 2.29. The summed E-state index contributed by atoms with van der Waals surface area (Å²) in [7, 11) is -3.02. The lowest BCUT2D eigenvalue weighted by Gasteiger charge is -2.12. The van der Waals surface area contributed by atoms with Crippen LogP contribution in [0.5, 0.6) is 0 Å². The summed E-state index contributed by atoms with van der Waals surface area (Å²) >= 11 is 5.99. The molecule has 1 amide bonds. The molecule has 2 aromatic rings. The van der Waals surface area contributed by atoms with Gasteiger partial charge in [-0.05, 0) is 43.2 Å². The van der Waals surface area contributed by atoms with Crippen molar-refractivity contribution in [1.29, 1.82) is 0 Å². The first-order valence-electron chi connectivity index (χ1n) is 7.83. The molecule has 0 radical (unpaired) electrons. The minimum absolute atomic E-state index is 0.000148. The van der Waals surface area contributed by atoms with Gasteiger partial charge in [0, 0.05) is 22.9 Å². The van der Waals surface area contributed by atoms with Crippen molar-refractivity contribution in [3.63, 3.8) is 0 Å². The van der Waals surface area contributed by atoms with E-state index in [0.717, 1.165) is 11.3 Å². The van der Waals surface area contributed by atoms with Gasteiger partial charge in [0.15, 0.2) is 9.84 Å². The van der Waals surface area contributed by atoms with Gasteiger partial charge in [0.1, 0.15) is 5.82 Å². The first-order valence-corrected chi connectivity index (χ1v) is 10.0. The summed E-state index contributed by atoms with van der Waals surface area (Å²) in [6.45, 7) is 1.95. The number of carbonyl (C=O) groups is 1. The molecule has 2 N–H and O–H groups in total. The number of sulfone groups is 1. The van der Waals surface area contributed by atoms with Crippen LogP contribution in [0.2, 0.25) is 5.02 Å². The van der Waals surface area contributed by atoms with Crippen LogP contribution >= 0.6 is 11.6 Å². The topological polar surface area (TPSA) is 88.2 Å². The molecule has 0 saturated carbocycles. The number of nitrogens with one attached hydrogen (secondary N) is 2. The van der Waals surface area contributed by atoms with Crippen molar-refractivity contribution in [2.45, 2.75) is 19.4 Å². The molecule has 0 aliphatic carbocycles. The van der Waals surface area contributed by atoms with Gasteiger partial charge >= 0.3 is 0 Å². The molecule has 1 saturated heterocycles. The Morgan fingerprint density at radius 2 is 2.08 bits per heavy atom. The summed E-state index contributed by atoms with van der Waals surface area (Å²) in [6, 6.07) is 8.53. The van der Waals surface area contributed by atoms with Crippen molar-refractivity contribution < 1.29 is 13.2 Å². The summed E-state index contributed by atoms with van der Waals surface area (Å²) in [5.74, 6) is 0.392. The monoisotopic (exact) mass is 379 g/mol. The summed E-state index contributed by atoms with van der Waals surface area (Å²) < 4.78 is 22.9. The van der Waals surface area contributed by atoms with Gasteiger partial charge in [0.2, 0.25) is 0 Å². The van der Waals surface area contributed by atoms with Crippen LogP contribution in [0.3, 0.4) is 0 Å². The Labute approximate surface area is 151 Å². The number of anilines is 2. The van der Waals surface area contributed by atoms with Crippen LogP contribution in [-0.4, -0.2) is 36.9 Å². The van der Waals surface area contributed by atoms with E-state index in [1.807, 2.05) is 19.1 Å². The highest BCUT2D eigenvalue weighted by Crippen LogP contribution is 2.23. The predicted octanol–water partition coefficient (Wildman–Crippen LogP) is 2.70. The third-order valence-electron chi connectivity index (χ3n) is 4.06. The van der Waals surface area contributed by atoms with E-state index in [9.17, 15) is 13.2 Å². The van der Waals surface area contributed by atoms with Crippen molar-refractivity contribution in [2.75, 3.05) is 16.8 Å². The zero-order valence-corrected chi connectivity index (χ0v) is 15.2. The number of carbonyl (C=O) groups excluding carboxylic acids is 1. The number of rotatable bonds is 4. The molecule has 1 aromatic carbocycles. The molecule has 25 heavy (non-hydrogen) atoms. The van der Waals surface area contributed by atoms with E-state index in [0.29, 0.717) is 22.8 Å². The zero-order chi connectivity index (χ0) is 18.0. The first kappa shape index (κ1) is 17.7. The lowest BCUT2D eigenvalue weighted by atomic mass is 10.2. The van der Waals surface area contributed by atoms with Crippen molar-refractivity contribution in [1.82, 2.24) is 10.3 Å². The maximum Gasteiger partial charge on any atom is 0.253 e. The van der Waals surface area contributed by atoms with Crippen LogP contribution in [0.1, 0.15) is 22.3 Å². The van der Waals surface area contributed by atoms with Gasteiger partial charge in [-0.25, -0.2) is 13.4 Å². The van der Waals surface area contributed by atoms with Gasteiger partial charge in [-0.15, -0.1) is 0 Å². The summed E-state index contributed by atoms with van der Waals surface area (Å²) in [5, 5.41) is 6.52. The molecular weight excluding hydrogens is 362 g/mol. The van der Waals surface area contributed by atoms with E-state index in [-0.39, 0.29) is 23.5 Å². The number of amides is 1. The molecule has 1 aromatic heterocycles. The highest BCUT2D eigenvalue weighted by atomic mass is 35.5. The summed E-state index contributed by atoms with van der Waals surface area (Å²) in [5.41, 5.74) is 2.25. The Kier molecular flexibility index (Phi) is 4.96. The van der Waals surface area contributed by atoms with Gasteiger partial charge in [0.05, 0.1) is 17.1 Å². The lowest BCUT2D eigenvalue weighted by Crippen LogP contribution is -2.35. The Bertz CT molecular complexity index is 898. The Balaban J connectivity index is 1.65. The predicted molar refractivity (Wildman–Crippen MR) is 98.2 cm³/mol. The van der Waals surface area contributed by atoms with Gasteiger partial charge in [0.25, 0.3) is 5.91 Å². The van der Waals surface area contributed by atoms with Crippen molar-refractivity contribution >= 4 is 38.9 Å². The minimum Gasteiger partial charge on any atom is -0.348 e. The highest BCUT2D eigenvalue weighted by molar-refractivity contribution is 7.91. The summed E-state index contributed by atoms with van der Waals surface area (Å²) in [4.78, 5) is 16.4. The largest absolute Gasteiger partial charge is 0.348 e. The van der Waals surface area contributed by atoms with Crippen LogP contribution in [0, 0.1) is 6.92 Å². The lowest BCUT2D eigenvalue weighted by molar-refractivity contribution is 0.0941. The van der Waals surface area contributed by atoms with Gasteiger partial charge in [-0.1, -0.05) is 17.7 Å². The molecule has 0 bridgehead atoms. The van der Waals surface area contributed by atoms with Crippen LogP contribution < -0.4 is 10.6 Å². The molecule has 1 atom stereocenters. The van der Waals surface area contributed by atoms with E-state index in [2.05, 4.69) is 15.6 Å². The standard InChI is InChI=1S/C17H18ClN3O3S/c1-11-2-4-13(18)8-15(11)21-16-5-3-12(9-19-16)17(22)20-14-6-7-25(23,24)10-14/h2-5,8-9,14H,6-7,10H2,1H3,(H,19,21)(H,20,22). The Morgan fingerprint density at radius 1 is 1.28 bits per heavy atom. The molecule has 1 aliphatic rings. The second kappa shape index (κ2) is 7.01. The number of nitrogens with zero attached hydrogens (tertiary/aromatic N) is 1. The molecule has 0 spiro atoms. The van der Waals surface area contributed by atoms with Crippen LogP contribution in [-0.2, 0) is 9.84 Å². The average Bonchev–Trinajstić information content (AvgIpc) is 2.90. The summed E-state index contributed by atoms with van der Waals surface area (Å²) in [6.07, 6.45) is 1.91. The molecule has 8 heteroatoms. The molecule has 1 aliphatic heterocycles. The fraction of sp³-hybridized carbons (Fsp3) is 0.294. The fourth-order valence-electron chi connectivity index (χ4n) is 2.65. The number of pyridine rings is 1. The van der Waals surface area contributed by atoms with E-state index >= 15 is 0 Å². The molecule has 1 unspecified atom stereocenters. The van der Waals surface area contributed by atoms with Gasteiger partial charge < -0.3 is 10.6 Å². The van der Waals surface area contributed by atoms with E-state index in [1.165, 1.54) is 6.20 Å². The van der Waals surface area contributed by atoms with E-state index < -0.39 is 9.84 Å². The number of aromatic nitrogens is 1. The SMILES string of the molecule is Cc1ccc(Cl)cc1Nc1ccc(C(=O)NC2CCS(=O)(=O)C2)cn1.